The molecule has 2 N–H and O–H groups in total. The third-order valence-electron chi connectivity index (χ3n) is 3.88. The predicted octanol–water partition coefficient (Wildman–Crippen LogP) is 2.11. The molecule has 0 spiro atoms. The van der Waals surface area contributed by atoms with E-state index in [1.54, 1.807) is 19.2 Å². The molecule has 2 aromatic rings. The summed E-state index contributed by atoms with van der Waals surface area (Å²) >= 11 is 0. The van der Waals surface area contributed by atoms with E-state index in [2.05, 4.69) is 34.6 Å². The topological polar surface area (TPSA) is 96.6 Å². The zero-order valence-electron chi connectivity index (χ0n) is 15.6. The van der Waals surface area contributed by atoms with Crippen molar-refractivity contribution >= 4 is 15.8 Å². The summed E-state index contributed by atoms with van der Waals surface area (Å²) in [5.74, 6) is 1.76. The number of hydrogen-bond donors (Lipinski definition) is 2. The Bertz CT molecular complexity index is 840. The van der Waals surface area contributed by atoms with Crippen LogP contribution in [0, 0.1) is 0 Å². The SMILES string of the molecule is CN=C(NCCc1ccc(S(C)(=O)=O)cc1)NCc1cc(C(C)C)no1. The third kappa shape index (κ3) is 5.87. The molecule has 0 unspecified atom stereocenters. The van der Waals surface area contributed by atoms with Crippen molar-refractivity contribution in [3.05, 3.63) is 47.3 Å². The Labute approximate surface area is 154 Å². The summed E-state index contributed by atoms with van der Waals surface area (Å²) in [6, 6.07) is 8.86. The minimum absolute atomic E-state index is 0.332. The average Bonchev–Trinajstić information content (AvgIpc) is 3.07. The predicted molar refractivity (Wildman–Crippen MR) is 102 cm³/mol. The van der Waals surface area contributed by atoms with Gasteiger partial charge in [-0.3, -0.25) is 4.99 Å². The lowest BCUT2D eigenvalue weighted by Gasteiger charge is -2.10. The van der Waals surface area contributed by atoms with Gasteiger partial charge < -0.3 is 15.2 Å². The Morgan fingerprint density at radius 1 is 1.23 bits per heavy atom. The highest BCUT2D eigenvalue weighted by Gasteiger charge is 2.08. The van der Waals surface area contributed by atoms with Crippen LogP contribution in [0.1, 0.15) is 36.8 Å². The molecule has 0 amide bonds. The number of sulfone groups is 1. The summed E-state index contributed by atoms with van der Waals surface area (Å²) in [7, 11) is -1.45. The second kappa shape index (κ2) is 8.84. The summed E-state index contributed by atoms with van der Waals surface area (Å²) in [6.07, 6.45) is 1.96. The highest BCUT2D eigenvalue weighted by Crippen LogP contribution is 2.13. The number of hydrogen-bond acceptors (Lipinski definition) is 5. The number of rotatable bonds is 7. The molecule has 0 aliphatic rings. The van der Waals surface area contributed by atoms with Crippen molar-refractivity contribution in [2.75, 3.05) is 19.8 Å². The minimum Gasteiger partial charge on any atom is -0.359 e. The number of guanidine groups is 1. The van der Waals surface area contributed by atoms with Crippen LogP contribution in [0.4, 0.5) is 0 Å². The van der Waals surface area contributed by atoms with Crippen molar-refractivity contribution in [2.45, 2.75) is 37.6 Å². The van der Waals surface area contributed by atoms with E-state index in [1.165, 1.54) is 6.26 Å². The highest BCUT2D eigenvalue weighted by atomic mass is 32.2. The van der Waals surface area contributed by atoms with Crippen molar-refractivity contribution in [1.29, 1.82) is 0 Å². The summed E-state index contributed by atoms with van der Waals surface area (Å²) in [4.78, 5) is 4.51. The molecule has 0 atom stereocenters. The number of aromatic nitrogens is 1. The maximum Gasteiger partial charge on any atom is 0.191 e. The van der Waals surface area contributed by atoms with Crippen molar-refractivity contribution in [3.8, 4) is 0 Å². The molecule has 142 valence electrons. The van der Waals surface area contributed by atoms with Gasteiger partial charge in [-0.1, -0.05) is 31.1 Å². The van der Waals surface area contributed by atoms with Gasteiger partial charge in [-0.05, 0) is 30.0 Å². The van der Waals surface area contributed by atoms with Gasteiger partial charge in [0.15, 0.2) is 21.6 Å². The maximum absolute atomic E-state index is 11.5. The maximum atomic E-state index is 11.5. The van der Waals surface area contributed by atoms with E-state index in [0.717, 1.165) is 23.4 Å². The molecule has 0 saturated heterocycles. The summed E-state index contributed by atoms with van der Waals surface area (Å²) in [5.41, 5.74) is 1.99. The molecule has 0 radical (unpaired) electrons. The molecule has 1 heterocycles. The summed E-state index contributed by atoms with van der Waals surface area (Å²) in [6.45, 7) is 5.31. The molecule has 8 heteroatoms. The molecule has 0 aliphatic heterocycles. The van der Waals surface area contributed by atoms with E-state index in [4.69, 9.17) is 4.52 Å². The number of nitrogens with one attached hydrogen (secondary N) is 2. The van der Waals surface area contributed by atoms with Gasteiger partial charge in [0.2, 0.25) is 0 Å². The van der Waals surface area contributed by atoms with Gasteiger partial charge in [-0.2, -0.15) is 0 Å². The molecule has 0 saturated carbocycles. The molecule has 7 nitrogen and oxygen atoms in total. The van der Waals surface area contributed by atoms with E-state index >= 15 is 0 Å². The van der Waals surface area contributed by atoms with Crippen LogP contribution in [0.15, 0.2) is 44.7 Å². The van der Waals surface area contributed by atoms with Crippen LogP contribution in [0.5, 0.6) is 0 Å². The van der Waals surface area contributed by atoms with E-state index in [-0.39, 0.29) is 0 Å². The average molecular weight is 378 g/mol. The van der Waals surface area contributed by atoms with Crippen LogP contribution in [-0.2, 0) is 22.8 Å². The number of nitrogens with zero attached hydrogens (tertiary/aromatic N) is 2. The van der Waals surface area contributed by atoms with E-state index in [0.29, 0.717) is 29.9 Å². The summed E-state index contributed by atoms with van der Waals surface area (Å²) < 4.78 is 28.2. The van der Waals surface area contributed by atoms with Gasteiger partial charge >= 0.3 is 0 Å². The first-order valence-corrected chi connectivity index (χ1v) is 10.4. The second-order valence-corrected chi connectivity index (χ2v) is 8.41. The normalized spacial score (nSPS) is 12.4. The molecule has 1 aromatic carbocycles. The fraction of sp³-hybridized carbons (Fsp3) is 0.444. The van der Waals surface area contributed by atoms with Gasteiger partial charge in [0.1, 0.15) is 0 Å². The Hall–Kier alpha value is -2.35. The van der Waals surface area contributed by atoms with Gasteiger partial charge in [0.05, 0.1) is 17.1 Å². The molecule has 0 aliphatic carbocycles. The Kier molecular flexibility index (Phi) is 6.79. The Morgan fingerprint density at radius 2 is 1.92 bits per heavy atom. The first-order chi connectivity index (χ1) is 12.3. The quantitative estimate of drug-likeness (QED) is 0.566. The monoisotopic (exact) mass is 378 g/mol. The smallest absolute Gasteiger partial charge is 0.191 e. The first-order valence-electron chi connectivity index (χ1n) is 8.48. The number of aliphatic imine (C=N–C) groups is 1. The molecule has 26 heavy (non-hydrogen) atoms. The molecule has 2 rings (SSSR count). The third-order valence-corrected chi connectivity index (χ3v) is 5.01. The van der Waals surface area contributed by atoms with Crippen LogP contribution >= 0.6 is 0 Å². The largest absolute Gasteiger partial charge is 0.359 e. The van der Waals surface area contributed by atoms with Gasteiger partial charge in [-0.15, -0.1) is 0 Å². The van der Waals surface area contributed by atoms with Crippen molar-refractivity contribution in [2.24, 2.45) is 4.99 Å². The summed E-state index contributed by atoms with van der Waals surface area (Å²) in [5, 5.41) is 10.4. The van der Waals surface area contributed by atoms with Crippen LogP contribution in [0.25, 0.3) is 0 Å². The Morgan fingerprint density at radius 3 is 2.46 bits per heavy atom. The van der Waals surface area contributed by atoms with Crippen molar-refractivity contribution < 1.29 is 12.9 Å². The fourth-order valence-corrected chi connectivity index (χ4v) is 2.93. The highest BCUT2D eigenvalue weighted by molar-refractivity contribution is 7.90. The zero-order chi connectivity index (χ0) is 19.2. The minimum atomic E-state index is -3.15. The van der Waals surface area contributed by atoms with E-state index in [1.807, 2.05) is 18.2 Å². The van der Waals surface area contributed by atoms with Gasteiger partial charge in [0, 0.05) is 25.9 Å². The standard InChI is InChI=1S/C18H26N4O3S/c1-13(2)17-11-15(25-22-17)12-21-18(19-3)20-10-9-14-5-7-16(8-6-14)26(4,23)24/h5-8,11,13H,9-10,12H2,1-4H3,(H2,19,20,21). The van der Waals surface area contributed by atoms with E-state index < -0.39 is 9.84 Å². The number of benzene rings is 1. The van der Waals surface area contributed by atoms with Crippen LogP contribution < -0.4 is 10.6 Å². The van der Waals surface area contributed by atoms with Crippen LogP contribution in [-0.4, -0.2) is 39.4 Å². The lowest BCUT2D eigenvalue weighted by atomic mass is 10.1. The van der Waals surface area contributed by atoms with E-state index in [9.17, 15) is 8.42 Å². The Balaban J connectivity index is 1.79. The molecular weight excluding hydrogens is 352 g/mol. The lowest BCUT2D eigenvalue weighted by Crippen LogP contribution is -2.37. The van der Waals surface area contributed by atoms with Crippen LogP contribution in [0.2, 0.25) is 0 Å². The molecule has 1 aromatic heterocycles. The van der Waals surface area contributed by atoms with Gasteiger partial charge in [-0.25, -0.2) is 8.42 Å². The first kappa shape index (κ1) is 20.0. The zero-order valence-corrected chi connectivity index (χ0v) is 16.4. The second-order valence-electron chi connectivity index (χ2n) is 6.39. The van der Waals surface area contributed by atoms with Gasteiger partial charge in [0.25, 0.3) is 0 Å². The van der Waals surface area contributed by atoms with Crippen molar-refractivity contribution in [1.82, 2.24) is 15.8 Å². The molecular formula is C18H26N4O3S. The fourth-order valence-electron chi connectivity index (χ4n) is 2.30. The van der Waals surface area contributed by atoms with Crippen molar-refractivity contribution in [3.63, 3.8) is 0 Å². The molecule has 0 fully saturated rings. The van der Waals surface area contributed by atoms with Crippen LogP contribution in [0.3, 0.4) is 0 Å². The lowest BCUT2D eigenvalue weighted by molar-refractivity contribution is 0.372. The molecule has 0 bridgehead atoms.